The molecule has 9 heteroatoms. The zero-order valence-electron chi connectivity index (χ0n) is 16.4. The summed E-state index contributed by atoms with van der Waals surface area (Å²) in [5.41, 5.74) is 2.71. The molecule has 2 amide bonds. The zero-order chi connectivity index (χ0) is 21.2. The van der Waals surface area contributed by atoms with Gasteiger partial charge >= 0.3 is 0 Å². The average molecular weight is 453 g/mol. The Labute approximate surface area is 184 Å². The lowest BCUT2D eigenvalue weighted by Gasteiger charge is -2.28. The molecule has 1 atom stereocenters. The van der Waals surface area contributed by atoms with Crippen molar-refractivity contribution in [2.45, 2.75) is 45.3 Å². The lowest BCUT2D eigenvalue weighted by Crippen LogP contribution is -2.28. The van der Waals surface area contributed by atoms with Crippen LogP contribution in [0.25, 0.3) is 0 Å². The number of anilines is 1. The molecule has 0 saturated carbocycles. The molecule has 0 unspecified atom stereocenters. The van der Waals surface area contributed by atoms with E-state index in [1.54, 1.807) is 18.2 Å². The number of amides is 2. The van der Waals surface area contributed by atoms with E-state index in [4.69, 9.17) is 23.2 Å². The van der Waals surface area contributed by atoms with Crippen molar-refractivity contribution >= 4 is 63.3 Å². The lowest BCUT2D eigenvalue weighted by atomic mass is 9.77. The minimum absolute atomic E-state index is 0.0129. The predicted molar refractivity (Wildman–Crippen MR) is 121 cm³/mol. The summed E-state index contributed by atoms with van der Waals surface area (Å²) in [6.45, 7) is 6.47. The van der Waals surface area contributed by atoms with Crippen molar-refractivity contribution in [1.82, 2.24) is 5.32 Å². The number of amidine groups is 1. The largest absolute Gasteiger partial charge is 0.325 e. The number of hydrogen-bond acceptors (Lipinski definition) is 5. The van der Waals surface area contributed by atoms with Crippen molar-refractivity contribution < 1.29 is 9.59 Å². The topological polar surface area (TPSA) is 82.9 Å². The summed E-state index contributed by atoms with van der Waals surface area (Å²) >= 11 is 13.2. The van der Waals surface area contributed by atoms with E-state index in [-0.39, 0.29) is 28.7 Å². The molecule has 154 valence electrons. The third-order valence-corrected chi connectivity index (χ3v) is 6.36. The van der Waals surface area contributed by atoms with Gasteiger partial charge in [-0.05, 0) is 43.4 Å². The Morgan fingerprint density at radius 3 is 2.79 bits per heavy atom. The maximum absolute atomic E-state index is 12.3. The van der Waals surface area contributed by atoms with Gasteiger partial charge in [0.15, 0.2) is 5.17 Å². The highest BCUT2D eigenvalue weighted by Gasteiger charge is 2.32. The van der Waals surface area contributed by atoms with E-state index < -0.39 is 5.25 Å². The van der Waals surface area contributed by atoms with E-state index in [0.29, 0.717) is 15.9 Å². The minimum atomic E-state index is -0.577. The molecule has 1 fully saturated rings. The number of halogens is 2. The molecule has 6 nitrogen and oxygen atoms in total. The Hall–Kier alpha value is -1.83. The van der Waals surface area contributed by atoms with Crippen LogP contribution in [0.15, 0.2) is 40.1 Å². The van der Waals surface area contributed by atoms with Gasteiger partial charge in [0, 0.05) is 6.42 Å². The van der Waals surface area contributed by atoms with Crippen molar-refractivity contribution in [2.24, 2.45) is 15.6 Å². The van der Waals surface area contributed by atoms with Gasteiger partial charge < -0.3 is 10.6 Å². The van der Waals surface area contributed by atoms with Crippen molar-refractivity contribution in [2.75, 3.05) is 5.32 Å². The molecule has 1 saturated heterocycles. The number of benzene rings is 1. The zero-order valence-corrected chi connectivity index (χ0v) is 18.7. The van der Waals surface area contributed by atoms with Crippen LogP contribution < -0.4 is 10.6 Å². The Balaban J connectivity index is 1.62. The molecule has 1 aliphatic heterocycles. The number of hydrogen-bond donors (Lipinski definition) is 2. The molecule has 0 aromatic heterocycles. The molecule has 3 rings (SSSR count). The highest BCUT2D eigenvalue weighted by molar-refractivity contribution is 8.15. The average Bonchev–Trinajstić information content (AvgIpc) is 2.95. The first kappa shape index (κ1) is 21.9. The molecular formula is C20H22Cl2N4O2S. The fourth-order valence-electron chi connectivity index (χ4n) is 3.42. The smallest absolute Gasteiger partial charge is 0.240 e. The van der Waals surface area contributed by atoms with Crippen LogP contribution in [0.5, 0.6) is 0 Å². The van der Waals surface area contributed by atoms with Gasteiger partial charge in [0.05, 0.1) is 21.4 Å². The highest BCUT2D eigenvalue weighted by Crippen LogP contribution is 2.34. The van der Waals surface area contributed by atoms with Crippen molar-refractivity contribution in [3.05, 3.63) is 39.9 Å². The van der Waals surface area contributed by atoms with E-state index in [0.717, 1.165) is 18.6 Å². The maximum atomic E-state index is 12.3. The van der Waals surface area contributed by atoms with Crippen molar-refractivity contribution in [3.63, 3.8) is 0 Å². The highest BCUT2D eigenvalue weighted by atomic mass is 35.5. The molecule has 29 heavy (non-hydrogen) atoms. The third-order valence-electron chi connectivity index (χ3n) is 4.47. The minimum Gasteiger partial charge on any atom is -0.325 e. The first-order valence-corrected chi connectivity index (χ1v) is 10.8. The predicted octanol–water partition coefficient (Wildman–Crippen LogP) is 5.03. The van der Waals surface area contributed by atoms with Gasteiger partial charge in [-0.2, -0.15) is 5.10 Å². The second-order valence-corrected chi connectivity index (χ2v) is 9.93. The van der Waals surface area contributed by atoms with Gasteiger partial charge in [0.2, 0.25) is 11.8 Å². The Kier molecular flexibility index (Phi) is 6.71. The SMILES string of the molecule is CC1=C/C(=N/N=C2\NC(=O)[C@@H](CC(=O)Nc3cccc(Cl)c3Cl)S2)CC(C)(C)C1. The quantitative estimate of drug-likeness (QED) is 0.628. The van der Waals surface area contributed by atoms with Crippen molar-refractivity contribution in [3.8, 4) is 0 Å². The number of carbonyl (C=O) groups is 2. The molecule has 1 aliphatic carbocycles. The molecule has 0 spiro atoms. The fourth-order valence-corrected chi connectivity index (χ4v) is 4.69. The Morgan fingerprint density at radius 1 is 1.31 bits per heavy atom. The van der Waals surface area contributed by atoms with E-state index in [1.165, 1.54) is 17.3 Å². The van der Waals surface area contributed by atoms with Crippen LogP contribution in [0.3, 0.4) is 0 Å². The first-order valence-electron chi connectivity index (χ1n) is 9.16. The van der Waals surface area contributed by atoms with Crippen LogP contribution in [0.2, 0.25) is 10.0 Å². The molecule has 1 aromatic rings. The molecular weight excluding hydrogens is 431 g/mol. The molecule has 0 radical (unpaired) electrons. The number of rotatable bonds is 4. The van der Waals surface area contributed by atoms with Crippen LogP contribution in [0.4, 0.5) is 5.69 Å². The van der Waals surface area contributed by atoms with Gasteiger partial charge in [-0.3, -0.25) is 9.59 Å². The maximum Gasteiger partial charge on any atom is 0.240 e. The second-order valence-electron chi connectivity index (χ2n) is 7.95. The van der Waals surface area contributed by atoms with E-state index in [2.05, 4.69) is 41.6 Å². The summed E-state index contributed by atoms with van der Waals surface area (Å²) in [5, 5.41) is 14.3. The third kappa shape index (κ3) is 5.84. The fraction of sp³-hybridized carbons (Fsp3) is 0.400. The molecule has 1 aromatic carbocycles. The molecule has 2 aliphatic rings. The molecule has 2 N–H and O–H groups in total. The number of nitrogens with zero attached hydrogens (tertiary/aromatic N) is 2. The Bertz CT molecular complexity index is 940. The molecule has 1 heterocycles. The summed E-state index contributed by atoms with van der Waals surface area (Å²) < 4.78 is 0. The molecule has 0 bridgehead atoms. The van der Waals surface area contributed by atoms with Crippen LogP contribution in [0.1, 0.15) is 40.0 Å². The van der Waals surface area contributed by atoms with Crippen molar-refractivity contribution in [1.29, 1.82) is 0 Å². The number of allylic oxidation sites excluding steroid dienone is 2. The van der Waals surface area contributed by atoms with Gasteiger partial charge in [0.1, 0.15) is 5.25 Å². The summed E-state index contributed by atoms with van der Waals surface area (Å²) in [4.78, 5) is 24.5. The summed E-state index contributed by atoms with van der Waals surface area (Å²) in [6, 6.07) is 4.97. The monoisotopic (exact) mass is 452 g/mol. The standard InChI is InChI=1S/C20H22Cl2N4O2S/c1-11-7-12(10-20(2,3)9-11)25-26-19-24-18(28)15(29-19)8-16(27)23-14-6-4-5-13(21)17(14)22/h4-7,15H,8-10H2,1-3H3,(H,23,27)(H,24,26,28)/b25-12-/t15-/m1/s1. The van der Waals surface area contributed by atoms with E-state index in [1.807, 2.05) is 6.08 Å². The van der Waals surface area contributed by atoms with E-state index >= 15 is 0 Å². The number of thioether (sulfide) groups is 1. The van der Waals surface area contributed by atoms with Crippen LogP contribution in [-0.2, 0) is 9.59 Å². The van der Waals surface area contributed by atoms with Crippen LogP contribution in [-0.4, -0.2) is 27.9 Å². The van der Waals surface area contributed by atoms with Gasteiger partial charge in [-0.25, -0.2) is 0 Å². The first-order chi connectivity index (χ1) is 13.6. The van der Waals surface area contributed by atoms with Gasteiger partial charge in [0.25, 0.3) is 0 Å². The van der Waals surface area contributed by atoms with Gasteiger partial charge in [-0.15, -0.1) is 5.10 Å². The summed E-state index contributed by atoms with van der Waals surface area (Å²) in [7, 11) is 0. The van der Waals surface area contributed by atoms with E-state index in [9.17, 15) is 9.59 Å². The number of nitrogens with one attached hydrogen (secondary N) is 2. The lowest BCUT2D eigenvalue weighted by molar-refractivity contribution is -0.122. The normalized spacial score (nSPS) is 23.8. The van der Waals surface area contributed by atoms with Crippen LogP contribution >= 0.6 is 35.0 Å². The summed E-state index contributed by atoms with van der Waals surface area (Å²) in [6.07, 6.45) is 3.88. The number of carbonyl (C=O) groups excluding carboxylic acids is 2. The second kappa shape index (κ2) is 8.90. The Morgan fingerprint density at radius 2 is 2.07 bits per heavy atom. The van der Waals surface area contributed by atoms with Crippen LogP contribution in [0, 0.1) is 5.41 Å². The summed E-state index contributed by atoms with van der Waals surface area (Å²) in [5.74, 6) is -0.598. The van der Waals surface area contributed by atoms with Gasteiger partial charge in [-0.1, -0.05) is 60.5 Å².